The minimum absolute atomic E-state index is 0.0545. The quantitative estimate of drug-likeness (QED) is 0.798. The van der Waals surface area contributed by atoms with Crippen molar-refractivity contribution < 1.29 is 13.2 Å². The molecule has 1 amide bonds. The number of benzene rings is 1. The Balaban J connectivity index is 1.35. The molecule has 1 aromatic rings. The fraction of sp³-hybridized carbons (Fsp3) is 0.650. The van der Waals surface area contributed by atoms with Crippen LogP contribution >= 0.6 is 0 Å². The monoisotopic (exact) mass is 393 g/mol. The van der Waals surface area contributed by atoms with Crippen LogP contribution in [-0.2, 0) is 21.4 Å². The van der Waals surface area contributed by atoms with E-state index in [9.17, 15) is 13.2 Å². The van der Waals surface area contributed by atoms with Gasteiger partial charge in [0.25, 0.3) is 0 Å². The molecule has 2 fully saturated rings. The van der Waals surface area contributed by atoms with E-state index in [1.165, 1.54) is 16.1 Å². The van der Waals surface area contributed by atoms with E-state index in [1.807, 2.05) is 6.07 Å². The first kappa shape index (κ1) is 20.3. The fourth-order valence-electron chi connectivity index (χ4n) is 4.03. The zero-order chi connectivity index (χ0) is 19.3. The Labute approximate surface area is 163 Å². The number of carbonyl (C=O) groups excluding carboxylic acids is 1. The highest BCUT2D eigenvalue weighted by molar-refractivity contribution is 7.88. The van der Waals surface area contributed by atoms with Crippen LogP contribution in [0.3, 0.4) is 0 Å². The third-order valence-corrected chi connectivity index (χ3v) is 7.12. The first-order valence-electron chi connectivity index (χ1n) is 9.91. The number of carbonyl (C=O) groups is 1. The van der Waals surface area contributed by atoms with E-state index in [-0.39, 0.29) is 11.8 Å². The maximum absolute atomic E-state index is 12.4. The van der Waals surface area contributed by atoms with Gasteiger partial charge >= 0.3 is 0 Å². The number of hydrogen-bond donors (Lipinski definition) is 1. The summed E-state index contributed by atoms with van der Waals surface area (Å²) in [7, 11) is -3.14. The summed E-state index contributed by atoms with van der Waals surface area (Å²) in [6.07, 6.45) is 4.69. The van der Waals surface area contributed by atoms with E-state index in [0.717, 1.165) is 39.0 Å². The lowest BCUT2D eigenvalue weighted by atomic mass is 9.94. The summed E-state index contributed by atoms with van der Waals surface area (Å²) in [5.41, 5.74) is 1.35. The molecule has 2 heterocycles. The largest absolute Gasteiger partial charge is 0.356 e. The fourth-order valence-corrected chi connectivity index (χ4v) is 4.90. The topological polar surface area (TPSA) is 69.7 Å². The van der Waals surface area contributed by atoms with Crippen LogP contribution < -0.4 is 5.32 Å². The summed E-state index contributed by atoms with van der Waals surface area (Å²) < 4.78 is 24.6. The first-order chi connectivity index (χ1) is 12.9. The summed E-state index contributed by atoms with van der Waals surface area (Å²) in [5.74, 6) is 0.577. The summed E-state index contributed by atoms with van der Waals surface area (Å²) in [5, 5.41) is 3.11. The van der Waals surface area contributed by atoms with Crippen LogP contribution in [0.5, 0.6) is 0 Å². The molecule has 6 nitrogen and oxygen atoms in total. The highest BCUT2D eigenvalue weighted by Crippen LogP contribution is 2.21. The van der Waals surface area contributed by atoms with E-state index in [4.69, 9.17) is 0 Å². The molecule has 0 bridgehead atoms. The third-order valence-electron chi connectivity index (χ3n) is 5.81. The molecule has 0 radical (unpaired) electrons. The van der Waals surface area contributed by atoms with Crippen molar-refractivity contribution in [2.75, 3.05) is 39.0 Å². The Morgan fingerprint density at radius 1 is 1.04 bits per heavy atom. The van der Waals surface area contributed by atoms with Crippen molar-refractivity contribution in [1.29, 1.82) is 0 Å². The molecule has 150 valence electrons. The van der Waals surface area contributed by atoms with Gasteiger partial charge in [-0.2, -0.15) is 0 Å². The SMILES string of the molecule is CS(=O)(=O)N1CCC(C(=O)NCC2CCN(Cc3ccccc3)CC2)CC1. The van der Waals surface area contributed by atoms with E-state index >= 15 is 0 Å². The zero-order valence-electron chi connectivity index (χ0n) is 16.1. The van der Waals surface area contributed by atoms with Crippen molar-refractivity contribution in [2.45, 2.75) is 32.2 Å². The summed E-state index contributed by atoms with van der Waals surface area (Å²) >= 11 is 0. The van der Waals surface area contributed by atoms with Gasteiger partial charge < -0.3 is 5.32 Å². The highest BCUT2D eigenvalue weighted by Gasteiger charge is 2.29. The number of nitrogens with one attached hydrogen (secondary N) is 1. The Bertz CT molecular complexity index is 707. The molecular weight excluding hydrogens is 362 g/mol. The summed E-state index contributed by atoms with van der Waals surface area (Å²) in [6.45, 7) is 4.79. The number of nitrogens with zero attached hydrogens (tertiary/aromatic N) is 2. The molecule has 1 N–H and O–H groups in total. The van der Waals surface area contributed by atoms with Gasteiger partial charge in [-0.05, 0) is 50.3 Å². The third kappa shape index (κ3) is 6.02. The van der Waals surface area contributed by atoms with Crippen LogP contribution in [0.2, 0.25) is 0 Å². The molecule has 2 aliphatic rings. The van der Waals surface area contributed by atoms with Gasteiger partial charge in [-0.3, -0.25) is 9.69 Å². The van der Waals surface area contributed by atoms with Crippen LogP contribution in [0.1, 0.15) is 31.2 Å². The predicted molar refractivity (Wildman–Crippen MR) is 107 cm³/mol. The normalized spacial score (nSPS) is 21.2. The van der Waals surface area contributed by atoms with Crippen LogP contribution in [0.15, 0.2) is 30.3 Å². The zero-order valence-corrected chi connectivity index (χ0v) is 17.0. The van der Waals surface area contributed by atoms with Gasteiger partial charge in [-0.1, -0.05) is 30.3 Å². The molecule has 0 aromatic heterocycles. The van der Waals surface area contributed by atoms with Crippen LogP contribution in [0, 0.1) is 11.8 Å². The molecular formula is C20H31N3O3S. The van der Waals surface area contributed by atoms with Gasteiger partial charge in [0.1, 0.15) is 0 Å². The standard InChI is InChI=1S/C20H31N3O3S/c1-27(25,26)23-13-9-19(10-14-23)20(24)21-15-17-7-11-22(12-8-17)16-18-5-3-2-4-6-18/h2-6,17,19H,7-16H2,1H3,(H,21,24). The Morgan fingerprint density at radius 3 is 2.26 bits per heavy atom. The molecule has 3 rings (SSSR count). The average Bonchev–Trinajstić information content (AvgIpc) is 2.67. The van der Waals surface area contributed by atoms with E-state index in [2.05, 4.69) is 34.5 Å². The maximum atomic E-state index is 12.4. The van der Waals surface area contributed by atoms with E-state index in [0.29, 0.717) is 31.8 Å². The highest BCUT2D eigenvalue weighted by atomic mass is 32.2. The molecule has 2 saturated heterocycles. The molecule has 0 saturated carbocycles. The van der Waals surface area contributed by atoms with Crippen LogP contribution in [0.4, 0.5) is 0 Å². The minimum Gasteiger partial charge on any atom is -0.356 e. The van der Waals surface area contributed by atoms with Crippen molar-refractivity contribution in [3.05, 3.63) is 35.9 Å². The van der Waals surface area contributed by atoms with E-state index in [1.54, 1.807) is 0 Å². The lowest BCUT2D eigenvalue weighted by Crippen LogP contribution is -2.44. The maximum Gasteiger partial charge on any atom is 0.223 e. The molecule has 7 heteroatoms. The Kier molecular flexibility index (Phi) is 6.89. The second kappa shape index (κ2) is 9.17. The van der Waals surface area contributed by atoms with Crippen LogP contribution in [0.25, 0.3) is 0 Å². The number of piperidine rings is 2. The van der Waals surface area contributed by atoms with Crippen molar-refractivity contribution in [3.63, 3.8) is 0 Å². The smallest absolute Gasteiger partial charge is 0.223 e. The summed E-state index contributed by atoms with van der Waals surface area (Å²) in [4.78, 5) is 14.9. The number of hydrogen-bond acceptors (Lipinski definition) is 4. The van der Waals surface area contributed by atoms with Gasteiger partial charge in [0.05, 0.1) is 6.26 Å². The molecule has 0 spiro atoms. The molecule has 0 aliphatic carbocycles. The molecule has 1 aromatic carbocycles. The van der Waals surface area contributed by atoms with Gasteiger partial charge in [0.2, 0.25) is 15.9 Å². The molecule has 27 heavy (non-hydrogen) atoms. The molecule has 0 unspecified atom stereocenters. The minimum atomic E-state index is -3.14. The average molecular weight is 394 g/mol. The second-order valence-electron chi connectivity index (χ2n) is 7.89. The van der Waals surface area contributed by atoms with Crippen LogP contribution in [-0.4, -0.2) is 62.5 Å². The van der Waals surface area contributed by atoms with Crippen molar-refractivity contribution in [2.24, 2.45) is 11.8 Å². The molecule has 0 atom stereocenters. The number of rotatable bonds is 6. The van der Waals surface area contributed by atoms with Crippen molar-refractivity contribution in [3.8, 4) is 0 Å². The first-order valence-corrected chi connectivity index (χ1v) is 11.8. The molecule has 2 aliphatic heterocycles. The van der Waals surface area contributed by atoms with Crippen molar-refractivity contribution >= 4 is 15.9 Å². The Hall–Kier alpha value is -1.44. The summed E-state index contributed by atoms with van der Waals surface area (Å²) in [6, 6.07) is 10.5. The van der Waals surface area contributed by atoms with Gasteiger partial charge in [-0.25, -0.2) is 12.7 Å². The number of likely N-dealkylation sites (tertiary alicyclic amines) is 1. The second-order valence-corrected chi connectivity index (χ2v) is 9.87. The van der Waals surface area contributed by atoms with Crippen molar-refractivity contribution in [1.82, 2.24) is 14.5 Å². The van der Waals surface area contributed by atoms with Gasteiger partial charge in [0.15, 0.2) is 0 Å². The van der Waals surface area contributed by atoms with E-state index < -0.39 is 10.0 Å². The predicted octanol–water partition coefficient (Wildman–Crippen LogP) is 1.69. The van der Waals surface area contributed by atoms with Gasteiger partial charge in [0, 0.05) is 32.1 Å². The lowest BCUT2D eigenvalue weighted by Gasteiger charge is -2.33. The number of amides is 1. The Morgan fingerprint density at radius 2 is 1.67 bits per heavy atom. The number of sulfonamides is 1. The van der Waals surface area contributed by atoms with Gasteiger partial charge in [-0.15, -0.1) is 0 Å². The lowest BCUT2D eigenvalue weighted by molar-refractivity contribution is -0.126.